The van der Waals surface area contributed by atoms with Gasteiger partial charge in [-0.05, 0) is 19.4 Å². The summed E-state index contributed by atoms with van der Waals surface area (Å²) in [7, 11) is 0. The Morgan fingerprint density at radius 3 is 2.58 bits per heavy atom. The number of carbonyl (C=O) groups excluding carboxylic acids is 2. The molecule has 3 heteroatoms. The van der Waals surface area contributed by atoms with E-state index < -0.39 is 0 Å². The Bertz CT molecular complexity index is 175. The number of amides is 2. The van der Waals surface area contributed by atoms with Crippen molar-refractivity contribution >= 4 is 12.3 Å². The first-order valence-electron chi connectivity index (χ1n) is 4.14. The normalized spacial score (nSPS) is 10.2. The summed E-state index contributed by atoms with van der Waals surface area (Å²) in [4.78, 5) is 22.7. The van der Waals surface area contributed by atoms with Gasteiger partial charge in [0.2, 0.25) is 6.41 Å². The lowest BCUT2D eigenvalue weighted by Crippen LogP contribution is -2.28. The highest BCUT2D eigenvalue weighted by Crippen LogP contribution is 1.93. The summed E-state index contributed by atoms with van der Waals surface area (Å²) in [5.41, 5.74) is 0. The fourth-order valence-electron chi connectivity index (χ4n) is 0.782. The molecule has 0 aromatic heterocycles. The van der Waals surface area contributed by atoms with Crippen molar-refractivity contribution in [3.8, 4) is 0 Å². The van der Waals surface area contributed by atoms with E-state index in [4.69, 9.17) is 0 Å². The molecule has 0 rings (SSSR count). The molecule has 68 valence electrons. The van der Waals surface area contributed by atoms with Crippen LogP contribution in [0.25, 0.3) is 0 Å². The number of hydrogen-bond acceptors (Lipinski definition) is 2. The van der Waals surface area contributed by atoms with Gasteiger partial charge in [0.1, 0.15) is 0 Å². The van der Waals surface area contributed by atoms with Gasteiger partial charge in [-0.2, -0.15) is 0 Å². The van der Waals surface area contributed by atoms with E-state index in [0.717, 1.165) is 12.8 Å². The van der Waals surface area contributed by atoms with Gasteiger partial charge in [0.05, 0.1) is 0 Å². The highest BCUT2D eigenvalue weighted by Gasteiger charge is 2.06. The van der Waals surface area contributed by atoms with Gasteiger partial charge in [0.15, 0.2) is 0 Å². The fraction of sp³-hybridized carbons (Fsp3) is 0.556. The summed E-state index contributed by atoms with van der Waals surface area (Å²) < 4.78 is 0. The Balaban J connectivity index is 3.96. The van der Waals surface area contributed by atoms with Crippen LogP contribution >= 0.6 is 0 Å². The number of hydrogen-bond donors (Lipinski definition) is 0. The molecule has 0 aromatic carbocycles. The van der Waals surface area contributed by atoms with E-state index in [-0.39, 0.29) is 5.91 Å². The van der Waals surface area contributed by atoms with Crippen LogP contribution in [0.1, 0.15) is 26.7 Å². The number of allylic oxidation sites excluding steroid dienone is 1. The summed E-state index contributed by atoms with van der Waals surface area (Å²) >= 11 is 0. The van der Waals surface area contributed by atoms with E-state index in [2.05, 4.69) is 0 Å². The van der Waals surface area contributed by atoms with Gasteiger partial charge >= 0.3 is 0 Å². The molecule has 0 heterocycles. The molecule has 12 heavy (non-hydrogen) atoms. The number of rotatable bonds is 5. The van der Waals surface area contributed by atoms with Crippen LogP contribution in [-0.4, -0.2) is 23.8 Å². The van der Waals surface area contributed by atoms with Crippen LogP contribution in [0.2, 0.25) is 0 Å². The van der Waals surface area contributed by atoms with E-state index in [1.165, 1.54) is 11.0 Å². The second kappa shape index (κ2) is 6.58. The second-order valence-electron chi connectivity index (χ2n) is 2.49. The summed E-state index contributed by atoms with van der Waals surface area (Å²) in [6, 6.07) is 0. The minimum Gasteiger partial charge on any atom is -0.282 e. The SMILES string of the molecule is C/C=C\C(=O)N(C=O)CCCC. The molecule has 0 bridgehead atoms. The van der Waals surface area contributed by atoms with Gasteiger partial charge < -0.3 is 0 Å². The van der Waals surface area contributed by atoms with Crippen LogP contribution in [0.15, 0.2) is 12.2 Å². The van der Waals surface area contributed by atoms with E-state index in [1.54, 1.807) is 13.0 Å². The van der Waals surface area contributed by atoms with Crippen molar-refractivity contribution in [3.05, 3.63) is 12.2 Å². The Labute approximate surface area is 73.1 Å². The molecule has 0 saturated heterocycles. The summed E-state index contributed by atoms with van der Waals surface area (Å²) in [6.07, 6.45) is 5.45. The molecule has 0 spiro atoms. The summed E-state index contributed by atoms with van der Waals surface area (Å²) in [5, 5.41) is 0. The molecule has 0 N–H and O–H groups in total. The minimum absolute atomic E-state index is 0.235. The molecular weight excluding hydrogens is 154 g/mol. The third-order valence-corrected chi connectivity index (χ3v) is 1.47. The van der Waals surface area contributed by atoms with Gasteiger partial charge in [0, 0.05) is 6.54 Å². The van der Waals surface area contributed by atoms with Crippen LogP contribution in [0, 0.1) is 0 Å². The molecule has 0 saturated carbocycles. The third kappa shape index (κ3) is 3.91. The molecule has 0 fully saturated rings. The Hall–Kier alpha value is -1.12. The van der Waals surface area contributed by atoms with Crippen molar-refractivity contribution < 1.29 is 9.59 Å². The van der Waals surface area contributed by atoms with Crippen LogP contribution in [0.3, 0.4) is 0 Å². The predicted octanol–water partition coefficient (Wildman–Crippen LogP) is 1.35. The van der Waals surface area contributed by atoms with Gasteiger partial charge in [0.25, 0.3) is 5.91 Å². The van der Waals surface area contributed by atoms with Crippen LogP contribution in [0.5, 0.6) is 0 Å². The van der Waals surface area contributed by atoms with Crippen molar-refractivity contribution in [2.45, 2.75) is 26.7 Å². The number of unbranched alkanes of at least 4 members (excludes halogenated alkanes) is 1. The van der Waals surface area contributed by atoms with Crippen LogP contribution < -0.4 is 0 Å². The first kappa shape index (κ1) is 10.9. The van der Waals surface area contributed by atoms with Crippen LogP contribution in [-0.2, 0) is 9.59 Å². The average Bonchev–Trinajstić information content (AvgIpc) is 2.06. The fourth-order valence-corrected chi connectivity index (χ4v) is 0.782. The Kier molecular flexibility index (Phi) is 5.97. The van der Waals surface area contributed by atoms with Gasteiger partial charge in [-0.3, -0.25) is 14.5 Å². The Morgan fingerprint density at radius 1 is 1.50 bits per heavy atom. The molecule has 0 atom stereocenters. The monoisotopic (exact) mass is 169 g/mol. The standard InChI is InChI=1S/C9H15NO2/c1-3-5-7-10(8-11)9(12)6-4-2/h4,6,8H,3,5,7H2,1-2H3/b6-4-. The Morgan fingerprint density at radius 2 is 2.17 bits per heavy atom. The van der Waals surface area contributed by atoms with Crippen molar-refractivity contribution in [1.82, 2.24) is 4.90 Å². The smallest absolute Gasteiger partial charge is 0.252 e. The average molecular weight is 169 g/mol. The molecule has 2 amide bonds. The van der Waals surface area contributed by atoms with Gasteiger partial charge in [-0.15, -0.1) is 0 Å². The maximum absolute atomic E-state index is 11.1. The zero-order chi connectivity index (χ0) is 9.40. The van der Waals surface area contributed by atoms with E-state index in [9.17, 15) is 9.59 Å². The van der Waals surface area contributed by atoms with E-state index in [1.807, 2.05) is 6.92 Å². The lowest BCUT2D eigenvalue weighted by molar-refractivity contribution is -0.134. The van der Waals surface area contributed by atoms with Crippen LogP contribution in [0.4, 0.5) is 0 Å². The number of imide groups is 1. The maximum Gasteiger partial charge on any atom is 0.252 e. The largest absolute Gasteiger partial charge is 0.282 e. The molecule has 0 aliphatic heterocycles. The first-order chi connectivity index (χ1) is 5.76. The molecule has 0 aromatic rings. The number of nitrogens with zero attached hydrogens (tertiary/aromatic N) is 1. The molecule has 3 nitrogen and oxygen atoms in total. The number of carbonyl (C=O) groups is 2. The first-order valence-corrected chi connectivity index (χ1v) is 4.14. The lowest BCUT2D eigenvalue weighted by Gasteiger charge is -2.11. The molecule has 0 aliphatic carbocycles. The summed E-state index contributed by atoms with van der Waals surface area (Å²) in [6.45, 7) is 4.28. The second-order valence-corrected chi connectivity index (χ2v) is 2.49. The topological polar surface area (TPSA) is 37.4 Å². The van der Waals surface area contributed by atoms with Gasteiger partial charge in [-0.1, -0.05) is 19.4 Å². The van der Waals surface area contributed by atoms with Crippen molar-refractivity contribution in [2.24, 2.45) is 0 Å². The quantitative estimate of drug-likeness (QED) is 0.460. The lowest BCUT2D eigenvalue weighted by atomic mass is 10.3. The highest BCUT2D eigenvalue weighted by atomic mass is 16.2. The predicted molar refractivity (Wildman–Crippen MR) is 47.5 cm³/mol. The van der Waals surface area contributed by atoms with Crippen molar-refractivity contribution in [2.75, 3.05) is 6.54 Å². The zero-order valence-corrected chi connectivity index (χ0v) is 7.62. The van der Waals surface area contributed by atoms with E-state index >= 15 is 0 Å². The highest BCUT2D eigenvalue weighted by molar-refractivity contribution is 5.94. The minimum atomic E-state index is -0.235. The van der Waals surface area contributed by atoms with Crippen molar-refractivity contribution in [1.29, 1.82) is 0 Å². The maximum atomic E-state index is 11.1. The van der Waals surface area contributed by atoms with E-state index in [0.29, 0.717) is 13.0 Å². The molecular formula is C9H15NO2. The molecule has 0 unspecified atom stereocenters. The van der Waals surface area contributed by atoms with Crippen molar-refractivity contribution in [3.63, 3.8) is 0 Å². The zero-order valence-electron chi connectivity index (χ0n) is 7.62. The third-order valence-electron chi connectivity index (χ3n) is 1.47. The van der Waals surface area contributed by atoms with Gasteiger partial charge in [-0.25, -0.2) is 0 Å². The molecule has 0 aliphatic rings. The molecule has 0 radical (unpaired) electrons. The summed E-state index contributed by atoms with van der Waals surface area (Å²) in [5.74, 6) is -0.235.